The highest BCUT2D eigenvalue weighted by molar-refractivity contribution is 6.30. The quantitative estimate of drug-likeness (QED) is 0.830. The van der Waals surface area contributed by atoms with Gasteiger partial charge in [0.25, 0.3) is 0 Å². The Bertz CT molecular complexity index is 464. The van der Waals surface area contributed by atoms with Gasteiger partial charge in [0.15, 0.2) is 5.78 Å². The van der Waals surface area contributed by atoms with Crippen molar-refractivity contribution >= 4 is 17.4 Å². The van der Waals surface area contributed by atoms with Crippen LogP contribution in [0.4, 0.5) is 0 Å². The summed E-state index contributed by atoms with van der Waals surface area (Å²) in [6.45, 7) is 0.0943. The van der Waals surface area contributed by atoms with Gasteiger partial charge in [0.05, 0.1) is 17.8 Å². The molecule has 5 heteroatoms. The number of halogens is 1. The third-order valence-electron chi connectivity index (χ3n) is 3.21. The fourth-order valence-electron chi connectivity index (χ4n) is 2.26. The molecule has 1 fully saturated rings. The summed E-state index contributed by atoms with van der Waals surface area (Å²) >= 11 is 5.75. The molecule has 0 aliphatic heterocycles. The number of rotatable bonds is 3. The maximum absolute atomic E-state index is 12.0. The fraction of sp³-hybridized carbons (Fsp3) is 0.583. The third-order valence-corrected chi connectivity index (χ3v) is 3.41. The van der Waals surface area contributed by atoms with E-state index < -0.39 is 5.69 Å². The molecule has 0 bridgehead atoms. The first-order valence-electron chi connectivity index (χ1n) is 5.91. The predicted octanol–water partition coefficient (Wildman–Crippen LogP) is 2.05. The zero-order valence-electron chi connectivity index (χ0n) is 9.56. The Kier molecular flexibility index (Phi) is 3.94. The minimum absolute atomic E-state index is 0.0943. The summed E-state index contributed by atoms with van der Waals surface area (Å²) in [5.41, 5.74) is -0.418. The van der Waals surface area contributed by atoms with E-state index >= 15 is 0 Å². The molecule has 0 amide bonds. The molecule has 1 aliphatic rings. The standard InChI is InChI=1S/C12H15ClN2O2/c13-10-6-14-12(17)15(7-10)8-11(16)9-4-2-1-3-5-9/h6-7,9H,1-5,8H2. The second-order valence-electron chi connectivity index (χ2n) is 4.48. The number of nitrogens with zero attached hydrogens (tertiary/aromatic N) is 2. The number of Topliss-reactive ketones (excluding diaryl/α,β-unsaturated/α-hetero) is 1. The van der Waals surface area contributed by atoms with E-state index in [0.717, 1.165) is 25.7 Å². The van der Waals surface area contributed by atoms with E-state index in [1.807, 2.05) is 0 Å². The van der Waals surface area contributed by atoms with E-state index in [9.17, 15) is 9.59 Å². The average Bonchev–Trinajstić information content (AvgIpc) is 2.35. The van der Waals surface area contributed by atoms with Crippen LogP contribution in [0.3, 0.4) is 0 Å². The maximum atomic E-state index is 12.0. The largest absolute Gasteiger partial charge is 0.348 e. The normalized spacial score (nSPS) is 17.0. The Morgan fingerprint density at radius 1 is 1.41 bits per heavy atom. The highest BCUT2D eigenvalue weighted by Gasteiger charge is 2.21. The van der Waals surface area contributed by atoms with Crippen molar-refractivity contribution in [3.05, 3.63) is 27.9 Å². The van der Waals surface area contributed by atoms with Crippen LogP contribution in [0.15, 0.2) is 17.2 Å². The zero-order chi connectivity index (χ0) is 12.3. The Labute approximate surface area is 105 Å². The molecule has 92 valence electrons. The molecule has 1 aliphatic carbocycles. The van der Waals surface area contributed by atoms with Crippen LogP contribution >= 0.6 is 11.6 Å². The lowest BCUT2D eigenvalue weighted by Gasteiger charge is -2.20. The van der Waals surface area contributed by atoms with Crippen molar-refractivity contribution in [2.24, 2.45) is 5.92 Å². The topological polar surface area (TPSA) is 52.0 Å². The first-order chi connectivity index (χ1) is 8.16. The Morgan fingerprint density at radius 3 is 2.82 bits per heavy atom. The van der Waals surface area contributed by atoms with Gasteiger partial charge in [0, 0.05) is 12.1 Å². The van der Waals surface area contributed by atoms with Gasteiger partial charge in [-0.3, -0.25) is 9.36 Å². The lowest BCUT2D eigenvalue weighted by Crippen LogP contribution is -2.29. The van der Waals surface area contributed by atoms with Crippen molar-refractivity contribution in [2.75, 3.05) is 0 Å². The van der Waals surface area contributed by atoms with E-state index in [1.165, 1.54) is 23.4 Å². The summed E-state index contributed by atoms with van der Waals surface area (Å²) in [5.74, 6) is 0.227. The van der Waals surface area contributed by atoms with E-state index in [2.05, 4.69) is 4.98 Å². The molecular weight excluding hydrogens is 240 g/mol. The second-order valence-corrected chi connectivity index (χ2v) is 4.92. The fourth-order valence-corrected chi connectivity index (χ4v) is 2.43. The van der Waals surface area contributed by atoms with Crippen LogP contribution in [0.2, 0.25) is 5.02 Å². The average molecular weight is 255 g/mol. The van der Waals surface area contributed by atoms with Crippen molar-refractivity contribution in [3.8, 4) is 0 Å². The Hall–Kier alpha value is -1.16. The van der Waals surface area contributed by atoms with Crippen LogP contribution in [-0.2, 0) is 11.3 Å². The maximum Gasteiger partial charge on any atom is 0.348 e. The lowest BCUT2D eigenvalue weighted by molar-refractivity contribution is -0.124. The number of hydrogen-bond donors (Lipinski definition) is 0. The van der Waals surface area contributed by atoms with E-state index in [-0.39, 0.29) is 18.2 Å². The molecule has 1 aromatic heterocycles. The highest BCUT2D eigenvalue weighted by atomic mass is 35.5. The zero-order valence-corrected chi connectivity index (χ0v) is 10.3. The van der Waals surface area contributed by atoms with Gasteiger partial charge in [-0.1, -0.05) is 30.9 Å². The summed E-state index contributed by atoms with van der Waals surface area (Å²) in [5, 5.41) is 0.376. The third kappa shape index (κ3) is 3.16. The molecule has 1 saturated carbocycles. The summed E-state index contributed by atoms with van der Waals surface area (Å²) in [6, 6.07) is 0. The van der Waals surface area contributed by atoms with Gasteiger partial charge in [0.1, 0.15) is 0 Å². The first-order valence-corrected chi connectivity index (χ1v) is 6.29. The van der Waals surface area contributed by atoms with Crippen LogP contribution in [0.25, 0.3) is 0 Å². The van der Waals surface area contributed by atoms with Crippen LogP contribution in [0.5, 0.6) is 0 Å². The summed E-state index contributed by atoms with van der Waals surface area (Å²) in [4.78, 5) is 27.0. The van der Waals surface area contributed by atoms with E-state index in [0.29, 0.717) is 5.02 Å². The van der Waals surface area contributed by atoms with Crippen LogP contribution < -0.4 is 5.69 Å². The molecule has 0 saturated heterocycles. The molecule has 1 aromatic rings. The van der Waals surface area contributed by atoms with Crippen molar-refractivity contribution in [1.29, 1.82) is 0 Å². The van der Waals surface area contributed by atoms with Crippen molar-refractivity contribution < 1.29 is 4.79 Å². The molecular formula is C12H15ClN2O2. The molecule has 2 rings (SSSR count). The van der Waals surface area contributed by atoms with E-state index in [1.54, 1.807) is 0 Å². The molecule has 17 heavy (non-hydrogen) atoms. The van der Waals surface area contributed by atoms with Gasteiger partial charge in [-0.05, 0) is 12.8 Å². The predicted molar refractivity (Wildman–Crippen MR) is 65.1 cm³/mol. The minimum Gasteiger partial charge on any atom is -0.297 e. The summed E-state index contributed by atoms with van der Waals surface area (Å²) in [6.07, 6.45) is 8.09. The molecule has 0 radical (unpaired) electrons. The number of aromatic nitrogens is 2. The molecule has 0 unspecified atom stereocenters. The number of hydrogen-bond acceptors (Lipinski definition) is 3. The van der Waals surface area contributed by atoms with Gasteiger partial charge < -0.3 is 0 Å². The summed E-state index contributed by atoms with van der Waals surface area (Å²) in [7, 11) is 0. The number of carbonyl (C=O) groups excluding carboxylic acids is 1. The lowest BCUT2D eigenvalue weighted by atomic mass is 9.86. The Morgan fingerprint density at radius 2 is 2.12 bits per heavy atom. The van der Waals surface area contributed by atoms with Gasteiger partial charge >= 0.3 is 5.69 Å². The van der Waals surface area contributed by atoms with Crippen LogP contribution in [0.1, 0.15) is 32.1 Å². The molecule has 0 N–H and O–H groups in total. The second kappa shape index (κ2) is 5.45. The van der Waals surface area contributed by atoms with Crippen LogP contribution in [0, 0.1) is 5.92 Å². The monoisotopic (exact) mass is 254 g/mol. The molecule has 4 nitrogen and oxygen atoms in total. The smallest absolute Gasteiger partial charge is 0.297 e. The molecule has 0 atom stereocenters. The van der Waals surface area contributed by atoms with E-state index in [4.69, 9.17) is 11.6 Å². The van der Waals surface area contributed by atoms with Crippen molar-refractivity contribution in [3.63, 3.8) is 0 Å². The first kappa shape index (κ1) is 12.3. The SMILES string of the molecule is O=C(Cn1cc(Cl)cnc1=O)C1CCCCC1. The van der Waals surface area contributed by atoms with Crippen molar-refractivity contribution in [2.45, 2.75) is 38.6 Å². The highest BCUT2D eigenvalue weighted by Crippen LogP contribution is 2.24. The number of ketones is 1. The Balaban J connectivity index is 2.07. The van der Waals surface area contributed by atoms with Crippen LogP contribution in [-0.4, -0.2) is 15.3 Å². The van der Waals surface area contributed by atoms with Gasteiger partial charge in [-0.15, -0.1) is 0 Å². The van der Waals surface area contributed by atoms with Gasteiger partial charge in [-0.25, -0.2) is 9.78 Å². The van der Waals surface area contributed by atoms with Crippen molar-refractivity contribution in [1.82, 2.24) is 9.55 Å². The minimum atomic E-state index is -0.418. The molecule has 0 spiro atoms. The molecule has 0 aromatic carbocycles. The summed E-state index contributed by atoms with van der Waals surface area (Å²) < 4.78 is 1.29. The number of carbonyl (C=O) groups is 1. The molecule has 1 heterocycles. The van der Waals surface area contributed by atoms with Gasteiger partial charge in [-0.2, -0.15) is 0 Å². The van der Waals surface area contributed by atoms with Gasteiger partial charge in [0.2, 0.25) is 0 Å².